The summed E-state index contributed by atoms with van der Waals surface area (Å²) in [6.07, 6.45) is 0. The smallest absolute Gasteiger partial charge is 0.280 e. The molecule has 1 aromatic heterocycles. The molecule has 1 fully saturated rings. The van der Waals surface area contributed by atoms with Gasteiger partial charge in [0.25, 0.3) is 11.5 Å². The standard InChI is InChI=1S/C23H16ClN3O3/c24-19-20(15-9-6-10-16(28)13-15)26(23(19)30)27-21(14-7-2-1-3-8-14)25-18-12-5-4-11-17(18)22(27)29/h1-13,19-20,28H. The minimum absolute atomic E-state index is 0.0583. The van der Waals surface area contributed by atoms with Crippen molar-refractivity contribution in [2.24, 2.45) is 0 Å². The van der Waals surface area contributed by atoms with Crippen molar-refractivity contribution in [2.45, 2.75) is 11.4 Å². The quantitative estimate of drug-likeness (QED) is 0.408. The van der Waals surface area contributed by atoms with Crippen molar-refractivity contribution < 1.29 is 9.90 Å². The number of hydrogen-bond acceptors (Lipinski definition) is 4. The Morgan fingerprint density at radius 2 is 1.63 bits per heavy atom. The first-order valence-electron chi connectivity index (χ1n) is 9.40. The molecule has 5 rings (SSSR count). The van der Waals surface area contributed by atoms with E-state index >= 15 is 0 Å². The molecular formula is C23H16ClN3O3. The first-order valence-corrected chi connectivity index (χ1v) is 9.83. The summed E-state index contributed by atoms with van der Waals surface area (Å²) in [6.45, 7) is 0. The Bertz CT molecular complexity index is 1340. The zero-order valence-corrected chi connectivity index (χ0v) is 16.4. The second kappa shape index (κ2) is 7.00. The molecule has 1 aliphatic heterocycles. The number of para-hydroxylation sites is 1. The maximum absolute atomic E-state index is 13.5. The summed E-state index contributed by atoms with van der Waals surface area (Å²) in [5.74, 6) is 0.00525. The van der Waals surface area contributed by atoms with Crippen LogP contribution < -0.4 is 10.6 Å². The van der Waals surface area contributed by atoms with E-state index < -0.39 is 17.3 Å². The van der Waals surface area contributed by atoms with Crippen LogP contribution in [0.3, 0.4) is 0 Å². The van der Waals surface area contributed by atoms with E-state index in [2.05, 4.69) is 0 Å². The highest BCUT2D eigenvalue weighted by Gasteiger charge is 2.50. The minimum Gasteiger partial charge on any atom is -0.508 e. The van der Waals surface area contributed by atoms with E-state index in [0.717, 1.165) is 0 Å². The molecule has 2 unspecified atom stereocenters. The van der Waals surface area contributed by atoms with Crippen molar-refractivity contribution in [3.8, 4) is 17.1 Å². The van der Waals surface area contributed by atoms with Crippen LogP contribution in [0.25, 0.3) is 22.3 Å². The molecule has 30 heavy (non-hydrogen) atoms. The Morgan fingerprint density at radius 1 is 0.900 bits per heavy atom. The van der Waals surface area contributed by atoms with E-state index in [1.807, 2.05) is 36.4 Å². The molecule has 2 heterocycles. The van der Waals surface area contributed by atoms with Gasteiger partial charge in [-0.2, -0.15) is 4.68 Å². The van der Waals surface area contributed by atoms with Crippen molar-refractivity contribution in [2.75, 3.05) is 5.01 Å². The van der Waals surface area contributed by atoms with Gasteiger partial charge < -0.3 is 5.11 Å². The molecule has 1 amide bonds. The zero-order valence-electron chi connectivity index (χ0n) is 15.6. The largest absolute Gasteiger partial charge is 0.508 e. The lowest BCUT2D eigenvalue weighted by Gasteiger charge is -2.45. The molecule has 3 aromatic carbocycles. The SMILES string of the molecule is O=C1C(Cl)C(c2cccc(O)c2)N1n1c(-c2ccccc2)nc2ccccc2c1=O. The number of benzene rings is 3. The van der Waals surface area contributed by atoms with Crippen LogP contribution in [0, 0.1) is 0 Å². The number of aromatic nitrogens is 2. The molecule has 1 aliphatic rings. The third-order valence-corrected chi connectivity index (χ3v) is 5.64. The molecule has 0 radical (unpaired) electrons. The molecule has 0 bridgehead atoms. The van der Waals surface area contributed by atoms with E-state index in [9.17, 15) is 14.7 Å². The maximum atomic E-state index is 13.5. The molecule has 7 heteroatoms. The van der Waals surface area contributed by atoms with Crippen molar-refractivity contribution >= 4 is 28.4 Å². The third-order valence-electron chi connectivity index (χ3n) is 5.22. The average molecular weight is 418 g/mol. The lowest BCUT2D eigenvalue weighted by molar-refractivity contribution is -0.126. The fourth-order valence-corrected chi connectivity index (χ4v) is 4.13. The molecule has 0 aliphatic carbocycles. The number of alkyl halides is 1. The normalized spacial score (nSPS) is 18.4. The van der Waals surface area contributed by atoms with E-state index in [-0.39, 0.29) is 11.3 Å². The van der Waals surface area contributed by atoms with E-state index in [1.54, 1.807) is 36.4 Å². The summed E-state index contributed by atoms with van der Waals surface area (Å²) < 4.78 is 1.30. The Balaban J connectivity index is 1.78. The predicted molar refractivity (Wildman–Crippen MR) is 115 cm³/mol. The Kier molecular flexibility index (Phi) is 4.29. The van der Waals surface area contributed by atoms with Crippen LogP contribution in [0.15, 0.2) is 83.7 Å². The number of amides is 1. The summed E-state index contributed by atoms with van der Waals surface area (Å²) in [5.41, 5.74) is 1.51. The Hall–Kier alpha value is -3.64. The van der Waals surface area contributed by atoms with Gasteiger partial charge in [0.15, 0.2) is 5.82 Å². The number of carbonyl (C=O) groups is 1. The van der Waals surface area contributed by atoms with Crippen molar-refractivity contribution in [1.29, 1.82) is 0 Å². The van der Waals surface area contributed by atoms with Gasteiger partial charge in [0, 0.05) is 5.56 Å². The van der Waals surface area contributed by atoms with Crippen molar-refractivity contribution in [3.05, 3.63) is 94.8 Å². The van der Waals surface area contributed by atoms with E-state index in [1.165, 1.54) is 15.8 Å². The van der Waals surface area contributed by atoms with Gasteiger partial charge in [0.1, 0.15) is 17.2 Å². The number of β-lactam (4-membered cyclic amide) rings is 1. The molecule has 2 atom stereocenters. The van der Waals surface area contributed by atoms with Gasteiger partial charge in [-0.25, -0.2) is 9.99 Å². The molecule has 0 saturated carbocycles. The fraction of sp³-hybridized carbons (Fsp3) is 0.0870. The summed E-state index contributed by atoms with van der Waals surface area (Å²) in [4.78, 5) is 31.0. The average Bonchev–Trinajstić information content (AvgIpc) is 2.78. The van der Waals surface area contributed by atoms with Gasteiger partial charge in [-0.05, 0) is 29.8 Å². The predicted octanol–water partition coefficient (Wildman–Crippen LogP) is 3.60. The van der Waals surface area contributed by atoms with Crippen molar-refractivity contribution in [3.63, 3.8) is 0 Å². The number of fused-ring (bicyclic) bond motifs is 1. The van der Waals surface area contributed by atoms with Gasteiger partial charge in [-0.1, -0.05) is 54.6 Å². The lowest BCUT2D eigenvalue weighted by Crippen LogP contribution is -2.64. The molecule has 148 valence electrons. The number of halogens is 1. The molecule has 1 N–H and O–H groups in total. The highest BCUT2D eigenvalue weighted by atomic mass is 35.5. The lowest BCUT2D eigenvalue weighted by atomic mass is 9.95. The number of nitrogens with zero attached hydrogens (tertiary/aromatic N) is 3. The second-order valence-corrected chi connectivity index (χ2v) is 7.53. The van der Waals surface area contributed by atoms with Gasteiger partial charge >= 0.3 is 0 Å². The topological polar surface area (TPSA) is 75.4 Å². The third kappa shape index (κ3) is 2.76. The van der Waals surface area contributed by atoms with Gasteiger partial charge in [-0.15, -0.1) is 11.6 Å². The number of phenols is 1. The minimum atomic E-state index is -0.853. The van der Waals surface area contributed by atoms with Crippen LogP contribution in [0.5, 0.6) is 5.75 Å². The number of phenolic OH excluding ortho intramolecular Hbond substituents is 1. The summed E-state index contributed by atoms with van der Waals surface area (Å²) >= 11 is 6.36. The van der Waals surface area contributed by atoms with Gasteiger partial charge in [0.05, 0.1) is 10.9 Å². The monoisotopic (exact) mass is 417 g/mol. The Labute approximate surface area is 176 Å². The molecule has 1 saturated heterocycles. The molecule has 0 spiro atoms. The van der Waals surface area contributed by atoms with Crippen LogP contribution in [-0.2, 0) is 4.79 Å². The van der Waals surface area contributed by atoms with Crippen LogP contribution in [0.2, 0.25) is 0 Å². The fourth-order valence-electron chi connectivity index (χ4n) is 3.78. The number of hydrogen-bond donors (Lipinski definition) is 1. The summed E-state index contributed by atoms with van der Waals surface area (Å²) in [6, 6.07) is 22.1. The molecule has 6 nitrogen and oxygen atoms in total. The van der Waals surface area contributed by atoms with Crippen molar-refractivity contribution in [1.82, 2.24) is 9.66 Å². The number of rotatable bonds is 3. The summed E-state index contributed by atoms with van der Waals surface area (Å²) in [5, 5.41) is 10.8. The van der Waals surface area contributed by atoms with Crippen LogP contribution in [0.1, 0.15) is 11.6 Å². The van der Waals surface area contributed by atoms with Crippen LogP contribution in [0.4, 0.5) is 0 Å². The second-order valence-electron chi connectivity index (χ2n) is 7.06. The van der Waals surface area contributed by atoms with Gasteiger partial charge in [0.2, 0.25) is 0 Å². The zero-order chi connectivity index (χ0) is 20.8. The number of carbonyl (C=O) groups excluding carboxylic acids is 1. The maximum Gasteiger partial charge on any atom is 0.280 e. The van der Waals surface area contributed by atoms with Crippen LogP contribution >= 0.6 is 11.6 Å². The Morgan fingerprint density at radius 3 is 2.40 bits per heavy atom. The summed E-state index contributed by atoms with van der Waals surface area (Å²) in [7, 11) is 0. The van der Waals surface area contributed by atoms with E-state index in [4.69, 9.17) is 16.6 Å². The van der Waals surface area contributed by atoms with Gasteiger partial charge in [-0.3, -0.25) is 9.59 Å². The highest BCUT2D eigenvalue weighted by Crippen LogP contribution is 2.39. The first-order chi connectivity index (χ1) is 14.6. The first kappa shape index (κ1) is 18.4. The molecule has 4 aromatic rings. The van der Waals surface area contributed by atoms with E-state index in [0.29, 0.717) is 27.9 Å². The highest BCUT2D eigenvalue weighted by molar-refractivity contribution is 6.36. The number of aromatic hydroxyl groups is 1. The van der Waals surface area contributed by atoms with Crippen LogP contribution in [-0.4, -0.2) is 26.1 Å². The molecular weight excluding hydrogens is 402 g/mol.